The number of nitrogens with one attached hydrogen (secondary N) is 2. The molecule has 0 amide bonds. The Labute approximate surface area is 392 Å². The highest BCUT2D eigenvalue weighted by atomic mass is 16.7. The molecule has 18 atom stereocenters. The average molecular weight is 938 g/mol. The first kappa shape index (κ1) is 54.2. The van der Waals surface area contributed by atoms with Crippen molar-refractivity contribution in [3.63, 3.8) is 0 Å². The van der Waals surface area contributed by atoms with Gasteiger partial charge in [-0.3, -0.25) is 4.79 Å². The van der Waals surface area contributed by atoms with Crippen molar-refractivity contribution in [2.45, 2.75) is 199 Å². The number of amidine groups is 1. The smallest absolute Gasteiger partial charge is 0.311 e. The molecule has 4 aliphatic rings. The Kier molecular flexibility index (Phi) is 18.0. The van der Waals surface area contributed by atoms with E-state index < -0.39 is 95.5 Å². The van der Waals surface area contributed by atoms with Gasteiger partial charge in [0.15, 0.2) is 18.7 Å². The Balaban J connectivity index is 1.56. The zero-order valence-electron chi connectivity index (χ0n) is 42.1. The summed E-state index contributed by atoms with van der Waals surface area (Å²) in [4.78, 5) is 25.6. The monoisotopic (exact) mass is 938 g/mol. The normalized spacial score (nSPS) is 43.7. The first-order valence-electron chi connectivity index (χ1n) is 24.0. The second kappa shape index (κ2) is 21.9. The molecule has 1 aromatic rings. The summed E-state index contributed by atoms with van der Waals surface area (Å²) in [5.41, 5.74) is -5.49. The molecule has 18 heteroatoms. The molecule has 0 aromatic carbocycles. The number of esters is 1. The van der Waals surface area contributed by atoms with Crippen LogP contribution in [0.25, 0.3) is 0 Å². The molecule has 5 rings (SSSR count). The number of carbonyl (C=O) groups is 1. The molecule has 4 aliphatic heterocycles. The van der Waals surface area contributed by atoms with Gasteiger partial charge in [-0.1, -0.05) is 34.6 Å². The number of hydrogen-bond donors (Lipinski definition) is 6. The Bertz CT molecular complexity index is 1760. The zero-order chi connectivity index (χ0) is 49.1. The summed E-state index contributed by atoms with van der Waals surface area (Å²) in [6.45, 7) is 23.2. The van der Waals surface area contributed by atoms with Gasteiger partial charge in [-0.05, 0) is 98.7 Å². The molecule has 0 bridgehead atoms. The predicted molar refractivity (Wildman–Crippen MR) is 247 cm³/mol. The van der Waals surface area contributed by atoms with Gasteiger partial charge < -0.3 is 73.9 Å². The second-order valence-electron chi connectivity index (χ2n) is 20.7. The SMILES string of the molecule is CC[C@H]1OC(=O)[C@H](C)[C@@H](O[C@H]2C[C@@](C)(OC)[C@](O)(CNCC(C)C)[C@H](C)O2)[C@H](C)[C@@H](O[C@@H]2O[C@H](C)C[C@H]3[C@H]2OC(=Nc2ccc(OC)nc2)N3C)[C@](C)(O)C[C@@H](C)CN[C@H](C)[C@@H](O)[C@]1(C)O. The lowest BCUT2D eigenvalue weighted by Gasteiger charge is -2.53. The van der Waals surface area contributed by atoms with E-state index in [9.17, 15) is 25.2 Å². The van der Waals surface area contributed by atoms with Gasteiger partial charge >= 0.3 is 5.97 Å². The number of carbonyl (C=O) groups excluding carboxylic acids is 1. The Hall–Kier alpha value is -2.75. The van der Waals surface area contributed by atoms with E-state index in [1.165, 1.54) is 6.92 Å². The van der Waals surface area contributed by atoms with E-state index in [2.05, 4.69) is 29.5 Å². The molecule has 6 N–H and O–H groups in total. The Morgan fingerprint density at radius 1 is 1.02 bits per heavy atom. The molecule has 378 valence electrons. The summed E-state index contributed by atoms with van der Waals surface area (Å²) in [7, 11) is 5.00. The van der Waals surface area contributed by atoms with Crippen molar-refractivity contribution >= 4 is 17.7 Å². The Morgan fingerprint density at radius 3 is 2.32 bits per heavy atom. The minimum absolute atomic E-state index is 0.0820. The van der Waals surface area contributed by atoms with E-state index in [0.29, 0.717) is 43.0 Å². The van der Waals surface area contributed by atoms with Crippen molar-refractivity contribution < 1.29 is 63.1 Å². The van der Waals surface area contributed by atoms with Crippen molar-refractivity contribution in [2.24, 2.45) is 28.7 Å². The molecule has 66 heavy (non-hydrogen) atoms. The quantitative estimate of drug-likeness (QED) is 0.165. The third-order valence-corrected chi connectivity index (χ3v) is 14.6. The lowest BCUT2D eigenvalue weighted by molar-refractivity contribution is -0.335. The molecule has 0 radical (unpaired) electrons. The molecular weight excluding hydrogens is 855 g/mol. The number of pyridine rings is 1. The van der Waals surface area contributed by atoms with Crippen LogP contribution in [-0.2, 0) is 38.0 Å². The molecule has 4 fully saturated rings. The van der Waals surface area contributed by atoms with Crippen LogP contribution < -0.4 is 15.4 Å². The van der Waals surface area contributed by atoms with Gasteiger partial charge in [0.1, 0.15) is 29.0 Å². The number of ether oxygens (including phenoxy) is 8. The van der Waals surface area contributed by atoms with Crippen molar-refractivity contribution in [1.29, 1.82) is 0 Å². The topological polar surface area (TPSA) is 224 Å². The number of aliphatic hydroxyl groups is 4. The van der Waals surface area contributed by atoms with Crippen molar-refractivity contribution in [2.75, 3.05) is 40.9 Å². The lowest BCUT2D eigenvalue weighted by Crippen LogP contribution is -2.70. The molecule has 4 saturated heterocycles. The van der Waals surface area contributed by atoms with E-state index in [4.69, 9.17) is 42.9 Å². The molecule has 1 aromatic heterocycles. The van der Waals surface area contributed by atoms with Crippen LogP contribution in [0.3, 0.4) is 0 Å². The fourth-order valence-electron chi connectivity index (χ4n) is 10.4. The molecule has 0 saturated carbocycles. The number of hydrogen-bond acceptors (Lipinski definition) is 17. The van der Waals surface area contributed by atoms with Crippen molar-refractivity contribution in [1.82, 2.24) is 20.5 Å². The largest absolute Gasteiger partial charge is 0.481 e. The van der Waals surface area contributed by atoms with Crippen LogP contribution in [0, 0.1) is 23.7 Å². The number of likely N-dealkylation sites (N-methyl/N-ethyl adjacent to an activating group) is 1. The van der Waals surface area contributed by atoms with Gasteiger partial charge in [0, 0.05) is 45.1 Å². The highest BCUT2D eigenvalue weighted by Gasteiger charge is 2.59. The number of aromatic nitrogens is 1. The summed E-state index contributed by atoms with van der Waals surface area (Å²) in [6, 6.07) is 3.03. The molecule has 18 nitrogen and oxygen atoms in total. The molecule has 0 spiro atoms. The number of cyclic esters (lactones) is 1. The fourth-order valence-corrected chi connectivity index (χ4v) is 10.4. The Morgan fingerprint density at radius 2 is 1.71 bits per heavy atom. The maximum Gasteiger partial charge on any atom is 0.311 e. The number of aliphatic hydroxyl groups excluding tert-OH is 1. The summed E-state index contributed by atoms with van der Waals surface area (Å²) in [6.07, 6.45) is -5.59. The minimum atomic E-state index is -1.83. The second-order valence-corrected chi connectivity index (χ2v) is 20.7. The van der Waals surface area contributed by atoms with E-state index in [1.807, 2.05) is 39.6 Å². The molecule has 0 unspecified atom stereocenters. The van der Waals surface area contributed by atoms with Crippen LogP contribution in [0.15, 0.2) is 23.3 Å². The van der Waals surface area contributed by atoms with Crippen molar-refractivity contribution in [3.05, 3.63) is 18.3 Å². The number of fused-ring (bicyclic) bond motifs is 1. The molecular formula is C48H83N5O13. The standard InChI is InChI=1S/C48H83N5O13/c1-16-35-47(12,57)40(54)31(8)50-23-27(4)20-45(10,56)41(66-43-39-34(19-28(5)61-43)53(13)44(65-39)52-33-17-18-36(59-14)51-24-33)29(6)38(30(7)42(55)63-35)64-37-21-46(11,60-15)48(58,32(9)62-37)25-49-22-26(2)3/h17-18,24,26-32,34-35,37-41,43,49-50,54,56-58H,16,19-23,25H2,1-15H3/t27-,28-,29+,30-,31-,32+,34+,35-,37+,38+,39-,40-,41-,43+,45-,46-,47-,48+/m1/s1. The van der Waals surface area contributed by atoms with E-state index in [1.54, 1.807) is 67.2 Å². The van der Waals surface area contributed by atoms with Gasteiger partial charge in [0.05, 0.1) is 61.0 Å². The average Bonchev–Trinajstić information content (AvgIpc) is 3.56. The van der Waals surface area contributed by atoms with Crippen LogP contribution in [0.4, 0.5) is 5.69 Å². The highest BCUT2D eigenvalue weighted by molar-refractivity contribution is 5.79. The summed E-state index contributed by atoms with van der Waals surface area (Å²) < 4.78 is 51.2. The van der Waals surface area contributed by atoms with Gasteiger partial charge in [-0.15, -0.1) is 0 Å². The summed E-state index contributed by atoms with van der Waals surface area (Å²) in [5.74, 6) is -1.91. The summed E-state index contributed by atoms with van der Waals surface area (Å²) in [5, 5.41) is 55.1. The predicted octanol–water partition coefficient (Wildman–Crippen LogP) is 3.67. The van der Waals surface area contributed by atoms with Gasteiger partial charge in [-0.2, -0.15) is 4.99 Å². The van der Waals surface area contributed by atoms with Crippen LogP contribution in [0.5, 0.6) is 5.88 Å². The lowest BCUT2D eigenvalue weighted by atomic mass is 9.75. The minimum Gasteiger partial charge on any atom is -0.481 e. The highest BCUT2D eigenvalue weighted by Crippen LogP contribution is 2.44. The fraction of sp³-hybridized carbons (Fsp3) is 0.854. The number of rotatable bonds is 12. The van der Waals surface area contributed by atoms with Crippen LogP contribution in [0.1, 0.15) is 109 Å². The van der Waals surface area contributed by atoms with Crippen LogP contribution >= 0.6 is 0 Å². The summed E-state index contributed by atoms with van der Waals surface area (Å²) >= 11 is 0. The van der Waals surface area contributed by atoms with Gasteiger partial charge in [-0.25, -0.2) is 4.98 Å². The van der Waals surface area contributed by atoms with Crippen LogP contribution in [0.2, 0.25) is 0 Å². The molecule has 0 aliphatic carbocycles. The van der Waals surface area contributed by atoms with E-state index in [0.717, 1.165) is 0 Å². The maximum atomic E-state index is 14.6. The number of aliphatic imine (C=N–C) groups is 1. The van der Waals surface area contributed by atoms with Gasteiger partial charge in [0.2, 0.25) is 5.88 Å². The van der Waals surface area contributed by atoms with Crippen molar-refractivity contribution in [3.8, 4) is 5.88 Å². The first-order valence-corrected chi connectivity index (χ1v) is 24.0. The zero-order valence-corrected chi connectivity index (χ0v) is 42.1. The van der Waals surface area contributed by atoms with Gasteiger partial charge in [0.25, 0.3) is 6.02 Å². The maximum absolute atomic E-state index is 14.6. The van der Waals surface area contributed by atoms with E-state index in [-0.39, 0.29) is 43.9 Å². The third kappa shape index (κ3) is 11.8. The van der Waals surface area contributed by atoms with Crippen LogP contribution in [-0.4, -0.2) is 173 Å². The first-order chi connectivity index (χ1) is 30.8. The van der Waals surface area contributed by atoms with E-state index >= 15 is 0 Å². The number of nitrogens with zero attached hydrogens (tertiary/aromatic N) is 3. The third-order valence-electron chi connectivity index (χ3n) is 14.6. The molecule has 5 heterocycles. The number of methoxy groups -OCH3 is 2.